The molecular formula is C25H26N4O. The van der Waals surface area contributed by atoms with Crippen molar-refractivity contribution in [3.8, 4) is 17.6 Å². The van der Waals surface area contributed by atoms with Crippen molar-refractivity contribution in [1.82, 2.24) is 4.98 Å². The van der Waals surface area contributed by atoms with Crippen LogP contribution < -0.4 is 15.4 Å². The molecule has 0 aliphatic heterocycles. The molecule has 3 aromatic rings. The molecule has 5 heteroatoms. The Morgan fingerprint density at radius 2 is 1.67 bits per heavy atom. The van der Waals surface area contributed by atoms with Gasteiger partial charge in [0, 0.05) is 24.4 Å². The molecular weight excluding hydrogens is 372 g/mol. The number of aryl methyl sites for hydroxylation is 3. The fraction of sp³-hybridized carbons (Fsp3) is 0.280. The summed E-state index contributed by atoms with van der Waals surface area (Å²) < 4.78 is 6.31. The average Bonchev–Trinajstić information content (AvgIpc) is 3.54. The number of anilines is 3. The van der Waals surface area contributed by atoms with Gasteiger partial charge >= 0.3 is 0 Å². The summed E-state index contributed by atoms with van der Waals surface area (Å²) in [5, 5.41) is 15.8. The molecule has 2 N–H and O–H groups in total. The number of benzene rings is 2. The van der Waals surface area contributed by atoms with Gasteiger partial charge in [0.1, 0.15) is 23.1 Å². The number of nitrogens with zero attached hydrogens (tertiary/aromatic N) is 2. The number of ether oxygens (including phenoxy) is 1. The van der Waals surface area contributed by atoms with Gasteiger partial charge in [-0.3, -0.25) is 0 Å². The van der Waals surface area contributed by atoms with Crippen LogP contribution in [0.15, 0.2) is 48.5 Å². The minimum absolute atomic E-state index is 0.628. The van der Waals surface area contributed by atoms with Gasteiger partial charge < -0.3 is 15.4 Å². The Morgan fingerprint density at radius 1 is 1.00 bits per heavy atom. The first kappa shape index (κ1) is 19.8. The summed E-state index contributed by atoms with van der Waals surface area (Å²) in [6.45, 7) is 7.16. The van der Waals surface area contributed by atoms with E-state index in [9.17, 15) is 0 Å². The average molecular weight is 399 g/mol. The van der Waals surface area contributed by atoms with E-state index in [1.807, 2.05) is 24.3 Å². The van der Waals surface area contributed by atoms with Gasteiger partial charge in [-0.2, -0.15) is 5.26 Å². The van der Waals surface area contributed by atoms with Crippen molar-refractivity contribution in [3.63, 3.8) is 0 Å². The summed E-state index contributed by atoms with van der Waals surface area (Å²) in [6, 6.07) is 17.6. The fourth-order valence-corrected chi connectivity index (χ4v) is 3.51. The Labute approximate surface area is 177 Å². The second-order valence-corrected chi connectivity index (χ2v) is 8.04. The maximum absolute atomic E-state index is 8.99. The van der Waals surface area contributed by atoms with Crippen LogP contribution in [0, 0.1) is 38.0 Å². The summed E-state index contributed by atoms with van der Waals surface area (Å²) in [5.41, 5.74) is 4.94. The van der Waals surface area contributed by atoms with E-state index in [-0.39, 0.29) is 0 Å². The summed E-state index contributed by atoms with van der Waals surface area (Å²) in [7, 11) is 0. The van der Waals surface area contributed by atoms with Crippen LogP contribution in [0.3, 0.4) is 0 Å². The Kier molecular flexibility index (Phi) is 5.58. The number of nitrogens with one attached hydrogen (secondary N) is 2. The first-order valence-electron chi connectivity index (χ1n) is 10.3. The minimum atomic E-state index is 0.628. The van der Waals surface area contributed by atoms with Gasteiger partial charge in [-0.15, -0.1) is 0 Å². The lowest BCUT2D eigenvalue weighted by Crippen LogP contribution is -2.06. The Balaban J connectivity index is 1.62. The van der Waals surface area contributed by atoms with E-state index in [0.717, 1.165) is 46.6 Å². The van der Waals surface area contributed by atoms with Crippen molar-refractivity contribution < 1.29 is 4.74 Å². The third kappa shape index (κ3) is 4.90. The molecule has 0 spiro atoms. The topological polar surface area (TPSA) is 70.0 Å². The molecule has 1 heterocycles. The molecule has 1 aliphatic carbocycles. The summed E-state index contributed by atoms with van der Waals surface area (Å²) in [4.78, 5) is 4.70. The third-order valence-electron chi connectivity index (χ3n) is 5.18. The molecule has 1 aromatic heterocycles. The molecule has 152 valence electrons. The lowest BCUT2D eigenvalue weighted by molar-refractivity contribution is 0.475. The highest BCUT2D eigenvalue weighted by atomic mass is 16.5. The second-order valence-electron chi connectivity index (χ2n) is 8.04. The monoisotopic (exact) mass is 398 g/mol. The van der Waals surface area contributed by atoms with Crippen LogP contribution >= 0.6 is 0 Å². The van der Waals surface area contributed by atoms with Crippen molar-refractivity contribution in [2.75, 3.05) is 17.2 Å². The maximum atomic E-state index is 8.99. The summed E-state index contributed by atoms with van der Waals surface area (Å²) in [6.07, 6.45) is 2.56. The smallest absolute Gasteiger partial charge is 0.136 e. The molecule has 0 amide bonds. The molecule has 1 fully saturated rings. The second kappa shape index (κ2) is 8.46. The van der Waals surface area contributed by atoms with E-state index in [0.29, 0.717) is 11.4 Å². The predicted octanol–water partition coefficient (Wildman–Crippen LogP) is 6.24. The quantitative estimate of drug-likeness (QED) is 0.493. The van der Waals surface area contributed by atoms with Gasteiger partial charge in [-0.05, 0) is 74.9 Å². The Hall–Kier alpha value is -3.52. The van der Waals surface area contributed by atoms with Crippen LogP contribution in [-0.4, -0.2) is 11.5 Å². The molecule has 1 saturated carbocycles. The Bertz CT molecular complexity index is 1070. The highest BCUT2D eigenvalue weighted by molar-refractivity contribution is 5.62. The van der Waals surface area contributed by atoms with Crippen LogP contribution in [0.1, 0.15) is 35.1 Å². The molecule has 4 rings (SSSR count). The molecule has 0 unspecified atom stereocenters. The van der Waals surface area contributed by atoms with Crippen molar-refractivity contribution in [1.29, 1.82) is 5.26 Å². The zero-order valence-electron chi connectivity index (χ0n) is 17.6. The SMILES string of the molecule is Cc1cc(C)c(Oc2cc(NCC3CC3)nc(Nc3ccc(C#N)cc3)c2)c(C)c1. The van der Waals surface area contributed by atoms with E-state index in [1.165, 1.54) is 18.4 Å². The molecule has 5 nitrogen and oxygen atoms in total. The Morgan fingerprint density at radius 3 is 2.30 bits per heavy atom. The minimum Gasteiger partial charge on any atom is -0.457 e. The van der Waals surface area contributed by atoms with Gasteiger partial charge in [0.25, 0.3) is 0 Å². The number of aromatic nitrogens is 1. The van der Waals surface area contributed by atoms with E-state index in [4.69, 9.17) is 15.0 Å². The zero-order chi connectivity index (χ0) is 21.1. The van der Waals surface area contributed by atoms with Crippen LogP contribution in [-0.2, 0) is 0 Å². The van der Waals surface area contributed by atoms with Gasteiger partial charge in [0.05, 0.1) is 11.6 Å². The van der Waals surface area contributed by atoms with Crippen LogP contribution in [0.5, 0.6) is 11.5 Å². The molecule has 1 aliphatic rings. The molecule has 0 saturated heterocycles. The normalized spacial score (nSPS) is 12.9. The zero-order valence-corrected chi connectivity index (χ0v) is 17.6. The standard InChI is InChI=1S/C25H26N4O/c1-16-10-17(2)25(18(3)11-16)30-22-12-23(27-15-20-4-5-20)29-24(13-22)28-21-8-6-19(14-26)7-9-21/h6-13,20H,4-5,15H2,1-3H3,(H2,27,28,29). The van der Waals surface area contributed by atoms with Gasteiger partial charge in [0.2, 0.25) is 0 Å². The van der Waals surface area contributed by atoms with Crippen molar-refractivity contribution >= 4 is 17.3 Å². The van der Waals surface area contributed by atoms with E-state index >= 15 is 0 Å². The third-order valence-corrected chi connectivity index (χ3v) is 5.18. The number of pyridine rings is 1. The van der Waals surface area contributed by atoms with Crippen molar-refractivity contribution in [2.45, 2.75) is 33.6 Å². The van der Waals surface area contributed by atoms with Crippen LogP contribution in [0.2, 0.25) is 0 Å². The number of rotatable bonds is 7. The predicted molar refractivity (Wildman–Crippen MR) is 121 cm³/mol. The first-order chi connectivity index (χ1) is 14.5. The number of nitriles is 1. The fourth-order valence-electron chi connectivity index (χ4n) is 3.51. The van der Waals surface area contributed by atoms with Crippen LogP contribution in [0.4, 0.5) is 17.3 Å². The summed E-state index contributed by atoms with van der Waals surface area (Å²) in [5.74, 6) is 3.84. The molecule has 0 atom stereocenters. The lowest BCUT2D eigenvalue weighted by Gasteiger charge is -2.16. The highest BCUT2D eigenvalue weighted by Crippen LogP contribution is 2.33. The largest absolute Gasteiger partial charge is 0.457 e. The molecule has 30 heavy (non-hydrogen) atoms. The highest BCUT2D eigenvalue weighted by Gasteiger charge is 2.21. The van der Waals surface area contributed by atoms with Gasteiger partial charge in [-0.25, -0.2) is 4.98 Å². The number of hydrogen-bond acceptors (Lipinski definition) is 5. The van der Waals surface area contributed by atoms with Crippen LogP contribution in [0.25, 0.3) is 0 Å². The molecule has 0 bridgehead atoms. The van der Waals surface area contributed by atoms with Gasteiger partial charge in [-0.1, -0.05) is 17.7 Å². The van der Waals surface area contributed by atoms with Gasteiger partial charge in [0.15, 0.2) is 0 Å². The van der Waals surface area contributed by atoms with E-state index in [1.54, 1.807) is 12.1 Å². The lowest BCUT2D eigenvalue weighted by atomic mass is 10.1. The molecule has 2 aromatic carbocycles. The summed E-state index contributed by atoms with van der Waals surface area (Å²) >= 11 is 0. The van der Waals surface area contributed by atoms with E-state index in [2.05, 4.69) is 49.6 Å². The first-order valence-corrected chi connectivity index (χ1v) is 10.3. The maximum Gasteiger partial charge on any atom is 0.136 e. The molecule has 0 radical (unpaired) electrons. The van der Waals surface area contributed by atoms with Crippen molar-refractivity contribution in [3.05, 3.63) is 70.8 Å². The van der Waals surface area contributed by atoms with Crippen molar-refractivity contribution in [2.24, 2.45) is 5.92 Å². The number of hydrogen-bond donors (Lipinski definition) is 2. The van der Waals surface area contributed by atoms with E-state index < -0.39 is 0 Å².